The molecule has 0 amide bonds. The smallest absolute Gasteiger partial charge is 0.259 e. The Hall–Kier alpha value is -1.49. The van der Waals surface area contributed by atoms with Crippen molar-refractivity contribution in [1.82, 2.24) is 4.57 Å². The molecule has 0 atom stereocenters. The second-order valence-electron chi connectivity index (χ2n) is 5.85. The van der Waals surface area contributed by atoms with Gasteiger partial charge in [-0.2, -0.15) is 0 Å². The summed E-state index contributed by atoms with van der Waals surface area (Å²) in [5.74, 6) is 3.49. The van der Waals surface area contributed by atoms with Gasteiger partial charge in [0.05, 0.1) is 26.7 Å². The number of benzene rings is 1. The zero-order valence-corrected chi connectivity index (χ0v) is 16.3. The molecular weight excluding hydrogens is 356 g/mol. The first-order chi connectivity index (χ1) is 10.6. The largest absolute Gasteiger partial charge is 1.00 e. The van der Waals surface area contributed by atoms with E-state index in [9.17, 15) is 0 Å². The average Bonchev–Trinajstić information content (AvgIpc) is 2.89. The second kappa shape index (κ2) is 8.96. The average molecular weight is 383 g/mol. The van der Waals surface area contributed by atoms with Crippen LogP contribution in [-0.4, -0.2) is 18.8 Å². The van der Waals surface area contributed by atoms with Gasteiger partial charge in [-0.15, -0.1) is 0 Å². The van der Waals surface area contributed by atoms with Gasteiger partial charge in [0.15, 0.2) is 0 Å². The SMILES string of the molecule is CCCn1cc[n+](Cc2cc(OC)cc(OC)c2)c1C(C)C.[Br-]. The van der Waals surface area contributed by atoms with Crippen LogP contribution < -0.4 is 31.0 Å². The number of ether oxygens (including phenoxy) is 2. The van der Waals surface area contributed by atoms with Crippen LogP contribution in [-0.2, 0) is 13.1 Å². The molecule has 1 aromatic carbocycles. The Labute approximate surface area is 149 Å². The molecule has 23 heavy (non-hydrogen) atoms. The van der Waals surface area contributed by atoms with E-state index in [1.807, 2.05) is 6.07 Å². The van der Waals surface area contributed by atoms with Gasteiger partial charge >= 0.3 is 0 Å². The molecule has 4 nitrogen and oxygen atoms in total. The Morgan fingerprint density at radius 3 is 2.17 bits per heavy atom. The Morgan fingerprint density at radius 2 is 1.70 bits per heavy atom. The number of hydrogen-bond acceptors (Lipinski definition) is 2. The van der Waals surface area contributed by atoms with Gasteiger partial charge in [0, 0.05) is 11.6 Å². The topological polar surface area (TPSA) is 27.3 Å². The maximum absolute atomic E-state index is 5.36. The minimum absolute atomic E-state index is 0. The van der Waals surface area contributed by atoms with Crippen molar-refractivity contribution in [2.75, 3.05) is 14.2 Å². The molecule has 0 saturated carbocycles. The predicted octanol–water partition coefficient (Wildman–Crippen LogP) is 0.379. The van der Waals surface area contributed by atoms with Gasteiger partial charge in [-0.25, -0.2) is 9.13 Å². The highest BCUT2D eigenvalue weighted by Gasteiger charge is 2.20. The normalized spacial score (nSPS) is 10.5. The number of halogens is 1. The van der Waals surface area contributed by atoms with E-state index < -0.39 is 0 Å². The molecule has 0 saturated heterocycles. The summed E-state index contributed by atoms with van der Waals surface area (Å²) in [6.07, 6.45) is 5.48. The number of rotatable bonds is 7. The van der Waals surface area contributed by atoms with E-state index in [-0.39, 0.29) is 17.0 Å². The van der Waals surface area contributed by atoms with E-state index in [0.29, 0.717) is 5.92 Å². The lowest BCUT2D eigenvalue weighted by atomic mass is 10.1. The van der Waals surface area contributed by atoms with Crippen LogP contribution in [0.2, 0.25) is 0 Å². The molecule has 0 radical (unpaired) electrons. The Bertz CT molecular complexity index is 601. The van der Waals surface area contributed by atoms with Gasteiger partial charge in [-0.05, 0) is 18.6 Å². The predicted molar refractivity (Wildman–Crippen MR) is 87.7 cm³/mol. The molecule has 0 N–H and O–H groups in total. The summed E-state index contributed by atoms with van der Waals surface area (Å²) in [6, 6.07) is 6.04. The first-order valence-corrected chi connectivity index (χ1v) is 7.89. The van der Waals surface area contributed by atoms with E-state index in [4.69, 9.17) is 9.47 Å². The molecule has 0 aliphatic rings. The maximum Gasteiger partial charge on any atom is 0.259 e. The number of hydrogen-bond donors (Lipinski definition) is 0. The molecule has 2 rings (SSSR count). The van der Waals surface area contributed by atoms with Gasteiger partial charge in [0.2, 0.25) is 0 Å². The van der Waals surface area contributed by atoms with Gasteiger partial charge in [0.1, 0.15) is 30.4 Å². The van der Waals surface area contributed by atoms with Crippen molar-refractivity contribution in [3.05, 3.63) is 42.0 Å². The zero-order valence-electron chi connectivity index (χ0n) is 14.7. The van der Waals surface area contributed by atoms with Crippen molar-refractivity contribution in [3.8, 4) is 11.5 Å². The molecule has 0 unspecified atom stereocenters. The van der Waals surface area contributed by atoms with E-state index in [2.05, 4.69) is 54.4 Å². The Balaban J connectivity index is 0.00000264. The van der Waals surface area contributed by atoms with Crippen molar-refractivity contribution in [2.24, 2.45) is 0 Å². The van der Waals surface area contributed by atoms with Crippen LogP contribution in [0.25, 0.3) is 0 Å². The van der Waals surface area contributed by atoms with E-state index in [1.54, 1.807) is 14.2 Å². The van der Waals surface area contributed by atoms with Crippen LogP contribution in [0, 0.1) is 0 Å². The van der Waals surface area contributed by atoms with Gasteiger partial charge < -0.3 is 26.5 Å². The third-order valence-electron chi connectivity index (χ3n) is 3.76. The molecule has 0 aliphatic heterocycles. The maximum atomic E-state index is 5.36. The fraction of sp³-hybridized carbons (Fsp3) is 0.500. The number of aromatic nitrogens is 2. The number of aryl methyl sites for hydroxylation is 1. The highest BCUT2D eigenvalue weighted by Crippen LogP contribution is 2.22. The van der Waals surface area contributed by atoms with Crippen LogP contribution in [0.5, 0.6) is 11.5 Å². The lowest BCUT2D eigenvalue weighted by Crippen LogP contribution is -3.00. The van der Waals surface area contributed by atoms with E-state index in [1.165, 1.54) is 11.4 Å². The molecule has 0 aliphatic carbocycles. The molecule has 1 heterocycles. The van der Waals surface area contributed by atoms with Crippen molar-refractivity contribution in [1.29, 1.82) is 0 Å². The Morgan fingerprint density at radius 1 is 1.09 bits per heavy atom. The first kappa shape index (κ1) is 19.6. The zero-order chi connectivity index (χ0) is 16.1. The van der Waals surface area contributed by atoms with Crippen LogP contribution in [0.3, 0.4) is 0 Å². The molecule has 1 aromatic heterocycles. The summed E-state index contributed by atoms with van der Waals surface area (Å²) in [7, 11) is 3.37. The molecule has 5 heteroatoms. The monoisotopic (exact) mass is 382 g/mol. The summed E-state index contributed by atoms with van der Waals surface area (Å²) in [6.45, 7) is 8.56. The summed E-state index contributed by atoms with van der Waals surface area (Å²) in [4.78, 5) is 0. The number of methoxy groups -OCH3 is 2. The lowest BCUT2D eigenvalue weighted by molar-refractivity contribution is -0.696. The van der Waals surface area contributed by atoms with Crippen LogP contribution in [0.15, 0.2) is 30.6 Å². The third kappa shape index (κ3) is 4.74. The van der Waals surface area contributed by atoms with Crippen molar-refractivity contribution >= 4 is 0 Å². The molecule has 0 spiro atoms. The van der Waals surface area contributed by atoms with Gasteiger partial charge in [-0.1, -0.05) is 20.8 Å². The van der Waals surface area contributed by atoms with Crippen molar-refractivity contribution in [2.45, 2.75) is 46.2 Å². The summed E-state index contributed by atoms with van der Waals surface area (Å²) in [5, 5.41) is 0. The molecule has 128 valence electrons. The Kier molecular flexibility index (Phi) is 7.62. The van der Waals surface area contributed by atoms with Gasteiger partial charge in [0.25, 0.3) is 5.82 Å². The van der Waals surface area contributed by atoms with Gasteiger partial charge in [-0.3, -0.25) is 0 Å². The highest BCUT2D eigenvalue weighted by molar-refractivity contribution is 5.38. The molecule has 2 aromatic rings. The highest BCUT2D eigenvalue weighted by atomic mass is 79.9. The summed E-state index contributed by atoms with van der Waals surface area (Å²) in [5.41, 5.74) is 1.18. The number of nitrogens with zero attached hydrogens (tertiary/aromatic N) is 2. The quantitative estimate of drug-likeness (QED) is 0.647. The fourth-order valence-corrected chi connectivity index (χ4v) is 2.86. The van der Waals surface area contributed by atoms with Crippen molar-refractivity contribution in [3.63, 3.8) is 0 Å². The third-order valence-corrected chi connectivity index (χ3v) is 3.76. The van der Waals surface area contributed by atoms with Crippen LogP contribution in [0.1, 0.15) is 44.5 Å². The van der Waals surface area contributed by atoms with E-state index >= 15 is 0 Å². The summed E-state index contributed by atoms with van der Waals surface area (Å²) < 4.78 is 15.4. The van der Waals surface area contributed by atoms with E-state index in [0.717, 1.165) is 31.0 Å². The molecule has 0 fully saturated rings. The minimum atomic E-state index is 0. The molecular formula is C18H27BrN2O2. The fourth-order valence-electron chi connectivity index (χ4n) is 2.86. The molecule has 0 bridgehead atoms. The number of imidazole rings is 1. The summed E-state index contributed by atoms with van der Waals surface area (Å²) >= 11 is 0. The standard InChI is InChI=1S/C18H27N2O2.BrH/c1-6-7-19-8-9-20(18(19)14(2)3)13-15-10-16(21-4)12-17(11-15)22-5;/h8-12,14H,6-7,13H2,1-5H3;1H/q+1;/p-1. The van der Waals surface area contributed by atoms with Crippen LogP contribution >= 0.6 is 0 Å². The minimum Gasteiger partial charge on any atom is -1.00 e. The lowest BCUT2D eigenvalue weighted by Gasteiger charge is -2.10. The second-order valence-corrected chi connectivity index (χ2v) is 5.85. The van der Waals surface area contributed by atoms with Crippen molar-refractivity contribution < 1.29 is 31.0 Å². The first-order valence-electron chi connectivity index (χ1n) is 7.89. The van der Waals surface area contributed by atoms with Crippen LogP contribution in [0.4, 0.5) is 0 Å².